The fourth-order valence-corrected chi connectivity index (χ4v) is 3.62. The molecule has 0 heterocycles. The lowest BCUT2D eigenvalue weighted by Gasteiger charge is -2.16. The Morgan fingerprint density at radius 2 is 1.95 bits per heavy atom. The maximum absolute atomic E-state index is 13.2. The Bertz CT molecular complexity index is 765. The molecule has 0 saturated heterocycles. The van der Waals surface area contributed by atoms with Gasteiger partial charge in [-0.05, 0) is 42.8 Å². The summed E-state index contributed by atoms with van der Waals surface area (Å²) in [5.74, 6) is -0.670. The maximum atomic E-state index is 13.2. The number of benzene rings is 2. The Kier molecular flexibility index (Phi) is 4.51. The van der Waals surface area contributed by atoms with Crippen molar-refractivity contribution in [2.75, 3.05) is 5.73 Å². The summed E-state index contributed by atoms with van der Waals surface area (Å²) in [6.45, 7) is 1.67. The second-order valence-corrected chi connectivity index (χ2v) is 6.68. The normalized spacial score (nSPS) is 13.1. The van der Waals surface area contributed by atoms with Crippen molar-refractivity contribution in [2.24, 2.45) is 0 Å². The Labute approximate surface area is 127 Å². The third-order valence-electron chi connectivity index (χ3n) is 2.93. The monoisotopic (exact) mass is 328 g/mol. The summed E-state index contributed by atoms with van der Waals surface area (Å²) >= 11 is 5.83. The lowest BCUT2D eigenvalue weighted by atomic mass is 10.1. The SMILES string of the molecule is CC(NS(=O)(=O)c1cc(F)ccc1Cl)c1cccc(N)c1. The molecule has 21 heavy (non-hydrogen) atoms. The van der Waals surface area contributed by atoms with Gasteiger partial charge in [0.25, 0.3) is 0 Å². The van der Waals surface area contributed by atoms with Gasteiger partial charge < -0.3 is 5.73 Å². The molecule has 0 aromatic heterocycles. The molecule has 0 radical (unpaired) electrons. The highest BCUT2D eigenvalue weighted by atomic mass is 35.5. The molecular formula is C14H14ClFN2O2S. The molecule has 0 spiro atoms. The largest absolute Gasteiger partial charge is 0.399 e. The van der Waals surface area contributed by atoms with E-state index in [-0.39, 0.29) is 9.92 Å². The van der Waals surface area contributed by atoms with E-state index < -0.39 is 21.9 Å². The van der Waals surface area contributed by atoms with Gasteiger partial charge >= 0.3 is 0 Å². The topological polar surface area (TPSA) is 72.2 Å². The summed E-state index contributed by atoms with van der Waals surface area (Å²) in [5, 5.41) is -0.0383. The maximum Gasteiger partial charge on any atom is 0.242 e. The number of hydrogen-bond donors (Lipinski definition) is 2. The van der Waals surface area contributed by atoms with Gasteiger partial charge in [0.1, 0.15) is 10.7 Å². The van der Waals surface area contributed by atoms with Gasteiger partial charge in [-0.25, -0.2) is 17.5 Å². The first-order chi connectivity index (χ1) is 9.79. The minimum atomic E-state index is -3.94. The lowest BCUT2D eigenvalue weighted by Crippen LogP contribution is -2.27. The summed E-state index contributed by atoms with van der Waals surface area (Å²) in [4.78, 5) is -0.292. The third kappa shape index (κ3) is 3.72. The number of hydrogen-bond acceptors (Lipinski definition) is 3. The van der Waals surface area contributed by atoms with Gasteiger partial charge in [-0.2, -0.15) is 0 Å². The van der Waals surface area contributed by atoms with Gasteiger partial charge in [0.05, 0.1) is 5.02 Å². The highest BCUT2D eigenvalue weighted by Gasteiger charge is 2.21. The van der Waals surface area contributed by atoms with Crippen LogP contribution >= 0.6 is 11.6 Å². The molecule has 0 amide bonds. The van der Waals surface area contributed by atoms with Crippen LogP contribution in [-0.4, -0.2) is 8.42 Å². The average molecular weight is 329 g/mol. The highest BCUT2D eigenvalue weighted by molar-refractivity contribution is 7.89. The first-order valence-corrected chi connectivity index (χ1v) is 7.98. The highest BCUT2D eigenvalue weighted by Crippen LogP contribution is 2.24. The van der Waals surface area contributed by atoms with Crippen molar-refractivity contribution in [1.29, 1.82) is 0 Å². The fourth-order valence-electron chi connectivity index (χ4n) is 1.88. The van der Waals surface area contributed by atoms with Gasteiger partial charge in [-0.3, -0.25) is 0 Å². The van der Waals surface area contributed by atoms with Gasteiger partial charge in [-0.1, -0.05) is 23.7 Å². The average Bonchev–Trinajstić information content (AvgIpc) is 2.41. The number of nitrogens with two attached hydrogens (primary N) is 1. The van der Waals surface area contributed by atoms with Gasteiger partial charge in [0, 0.05) is 11.7 Å². The molecule has 1 atom stereocenters. The van der Waals surface area contributed by atoms with E-state index in [9.17, 15) is 12.8 Å². The number of rotatable bonds is 4. The molecule has 3 N–H and O–H groups in total. The first kappa shape index (κ1) is 15.8. The van der Waals surface area contributed by atoms with Crippen LogP contribution in [0, 0.1) is 5.82 Å². The molecule has 4 nitrogen and oxygen atoms in total. The van der Waals surface area contributed by atoms with Gasteiger partial charge in [0.15, 0.2) is 0 Å². The zero-order valence-corrected chi connectivity index (χ0v) is 12.7. The Morgan fingerprint density at radius 3 is 2.62 bits per heavy atom. The van der Waals surface area contributed by atoms with E-state index in [0.29, 0.717) is 11.3 Å². The zero-order valence-electron chi connectivity index (χ0n) is 11.2. The van der Waals surface area contributed by atoms with Gasteiger partial charge in [0.2, 0.25) is 10.0 Å². The zero-order chi connectivity index (χ0) is 15.6. The van der Waals surface area contributed by atoms with Crippen LogP contribution in [0.2, 0.25) is 5.02 Å². The summed E-state index contributed by atoms with van der Waals surface area (Å²) in [6, 6.07) is 9.50. The molecule has 0 bridgehead atoms. The summed E-state index contributed by atoms with van der Waals surface area (Å²) in [5.41, 5.74) is 6.90. The van der Waals surface area contributed by atoms with Crippen LogP contribution in [-0.2, 0) is 10.0 Å². The predicted octanol–water partition coefficient (Wildman–Crippen LogP) is 3.10. The standard InChI is InChI=1S/C14H14ClFN2O2S/c1-9(10-3-2-4-12(17)7-10)18-21(19,20)14-8-11(16)5-6-13(14)15/h2-9,18H,17H2,1H3. The lowest BCUT2D eigenvalue weighted by molar-refractivity contribution is 0.564. The van der Waals surface area contributed by atoms with Crippen LogP contribution in [0.15, 0.2) is 47.4 Å². The molecule has 2 rings (SSSR count). The van der Waals surface area contributed by atoms with Crippen molar-refractivity contribution >= 4 is 27.3 Å². The van der Waals surface area contributed by atoms with Crippen LogP contribution in [0.1, 0.15) is 18.5 Å². The van der Waals surface area contributed by atoms with Crippen molar-refractivity contribution in [3.8, 4) is 0 Å². The van der Waals surface area contributed by atoms with Crippen molar-refractivity contribution < 1.29 is 12.8 Å². The van der Waals surface area contributed by atoms with Crippen molar-refractivity contribution in [1.82, 2.24) is 4.72 Å². The Balaban J connectivity index is 2.31. The predicted molar refractivity (Wildman–Crippen MR) is 81.0 cm³/mol. The van der Waals surface area contributed by atoms with E-state index in [1.165, 1.54) is 6.07 Å². The fraction of sp³-hybridized carbons (Fsp3) is 0.143. The van der Waals surface area contributed by atoms with Crippen molar-refractivity contribution in [3.05, 3.63) is 58.9 Å². The van der Waals surface area contributed by atoms with Crippen LogP contribution in [0.3, 0.4) is 0 Å². The number of nitrogen functional groups attached to an aromatic ring is 1. The minimum absolute atomic E-state index is 0.0383. The van der Waals surface area contributed by atoms with Crippen LogP contribution < -0.4 is 10.5 Å². The van der Waals surface area contributed by atoms with Crippen LogP contribution in [0.4, 0.5) is 10.1 Å². The molecule has 0 aliphatic heterocycles. The third-order valence-corrected chi connectivity index (χ3v) is 4.95. The molecule has 112 valence electrons. The van der Waals surface area contributed by atoms with E-state index in [0.717, 1.165) is 12.1 Å². The molecule has 2 aromatic carbocycles. The Morgan fingerprint density at radius 1 is 1.24 bits per heavy atom. The molecule has 1 unspecified atom stereocenters. The molecule has 2 aromatic rings. The van der Waals surface area contributed by atoms with E-state index in [1.807, 2.05) is 0 Å². The van der Waals surface area contributed by atoms with Crippen molar-refractivity contribution in [2.45, 2.75) is 17.9 Å². The second-order valence-electron chi connectivity index (χ2n) is 4.59. The van der Waals surface area contributed by atoms with Gasteiger partial charge in [-0.15, -0.1) is 0 Å². The number of halogens is 2. The Hall–Kier alpha value is -1.63. The second kappa shape index (κ2) is 6.01. The smallest absolute Gasteiger partial charge is 0.242 e. The molecule has 0 fully saturated rings. The number of nitrogens with one attached hydrogen (secondary N) is 1. The van der Waals surface area contributed by atoms with E-state index in [4.69, 9.17) is 17.3 Å². The molecule has 7 heteroatoms. The summed E-state index contributed by atoms with van der Waals surface area (Å²) in [7, 11) is -3.94. The van der Waals surface area contributed by atoms with Crippen molar-refractivity contribution in [3.63, 3.8) is 0 Å². The van der Waals surface area contributed by atoms with E-state index in [1.54, 1.807) is 31.2 Å². The van der Waals surface area contributed by atoms with E-state index >= 15 is 0 Å². The first-order valence-electron chi connectivity index (χ1n) is 6.12. The molecule has 0 saturated carbocycles. The molecular weight excluding hydrogens is 315 g/mol. The number of sulfonamides is 1. The van der Waals surface area contributed by atoms with Crippen LogP contribution in [0.25, 0.3) is 0 Å². The van der Waals surface area contributed by atoms with Crippen LogP contribution in [0.5, 0.6) is 0 Å². The minimum Gasteiger partial charge on any atom is -0.399 e. The van der Waals surface area contributed by atoms with E-state index in [2.05, 4.69) is 4.72 Å². The summed E-state index contributed by atoms with van der Waals surface area (Å²) < 4.78 is 40.2. The summed E-state index contributed by atoms with van der Waals surface area (Å²) in [6.07, 6.45) is 0. The quantitative estimate of drug-likeness (QED) is 0.847. The molecule has 0 aliphatic carbocycles. The molecule has 0 aliphatic rings. The number of anilines is 1.